The molecule has 2 rings (SSSR count). The highest BCUT2D eigenvalue weighted by atomic mass is 16.3. The van der Waals surface area contributed by atoms with E-state index in [-0.39, 0.29) is 30.3 Å². The summed E-state index contributed by atoms with van der Waals surface area (Å²) in [6.45, 7) is 3.63. The van der Waals surface area contributed by atoms with Gasteiger partial charge in [-0.25, -0.2) is 0 Å². The first-order valence-electron chi connectivity index (χ1n) is 10.5. The molecule has 5 heteroatoms. The average molecular weight is 390 g/mol. The number of hydrogen-bond acceptors (Lipinski definition) is 5. The number of benzene rings is 1. The number of carbonyl (C=O) groups excluding carboxylic acids is 2. The molecule has 156 valence electrons. The zero-order chi connectivity index (χ0) is 20.7. The number of para-hydroxylation sites is 1. The Kier molecular flexibility index (Phi) is 8.20. The lowest BCUT2D eigenvalue weighted by Crippen LogP contribution is -2.47. The SMILES string of the molecule is CC(C)[C@](C=O)(C[C@H](O)[C@@H](N)CC1CCCCC1)C(=O)Cc1ccccc1O. The van der Waals surface area contributed by atoms with Gasteiger partial charge in [-0.3, -0.25) is 4.79 Å². The number of aliphatic hydroxyl groups excluding tert-OH is 1. The Morgan fingerprint density at radius 2 is 1.89 bits per heavy atom. The molecule has 28 heavy (non-hydrogen) atoms. The molecule has 0 bridgehead atoms. The second-order valence-electron chi connectivity index (χ2n) is 8.72. The fraction of sp³-hybridized carbons (Fsp3) is 0.652. The zero-order valence-corrected chi connectivity index (χ0v) is 17.1. The summed E-state index contributed by atoms with van der Waals surface area (Å²) in [4.78, 5) is 25.2. The van der Waals surface area contributed by atoms with Crippen molar-refractivity contribution < 1.29 is 19.8 Å². The maximum Gasteiger partial charge on any atom is 0.150 e. The maximum absolute atomic E-state index is 13.1. The minimum atomic E-state index is -1.31. The van der Waals surface area contributed by atoms with Gasteiger partial charge in [0.2, 0.25) is 0 Å². The van der Waals surface area contributed by atoms with Crippen LogP contribution in [0.1, 0.15) is 64.4 Å². The summed E-state index contributed by atoms with van der Waals surface area (Å²) in [6, 6.07) is 6.19. The van der Waals surface area contributed by atoms with Crippen LogP contribution in [0.4, 0.5) is 0 Å². The Labute approximate surface area is 168 Å². The van der Waals surface area contributed by atoms with Crippen molar-refractivity contribution in [3.63, 3.8) is 0 Å². The van der Waals surface area contributed by atoms with E-state index in [1.165, 1.54) is 25.3 Å². The van der Waals surface area contributed by atoms with Crippen LogP contribution in [0.5, 0.6) is 5.75 Å². The van der Waals surface area contributed by atoms with Gasteiger partial charge in [0, 0.05) is 18.0 Å². The fourth-order valence-corrected chi connectivity index (χ4v) is 4.38. The van der Waals surface area contributed by atoms with Crippen molar-refractivity contribution >= 4 is 12.1 Å². The van der Waals surface area contributed by atoms with Gasteiger partial charge < -0.3 is 20.7 Å². The first-order chi connectivity index (χ1) is 13.3. The molecule has 1 fully saturated rings. The van der Waals surface area contributed by atoms with Crippen LogP contribution in [-0.4, -0.2) is 34.4 Å². The van der Waals surface area contributed by atoms with Crippen molar-refractivity contribution in [3.05, 3.63) is 29.8 Å². The summed E-state index contributed by atoms with van der Waals surface area (Å²) in [5, 5.41) is 20.7. The molecule has 0 amide bonds. The summed E-state index contributed by atoms with van der Waals surface area (Å²) >= 11 is 0. The van der Waals surface area contributed by atoms with Crippen molar-refractivity contribution in [3.8, 4) is 5.75 Å². The number of ketones is 1. The van der Waals surface area contributed by atoms with E-state index in [0.29, 0.717) is 17.8 Å². The largest absolute Gasteiger partial charge is 0.508 e. The normalized spacial score (nSPS) is 19.8. The molecule has 1 aromatic carbocycles. The molecule has 0 aliphatic heterocycles. The maximum atomic E-state index is 13.1. The second-order valence-corrected chi connectivity index (χ2v) is 8.72. The van der Waals surface area contributed by atoms with E-state index in [1.54, 1.807) is 18.2 Å². The van der Waals surface area contributed by atoms with Crippen LogP contribution in [0.15, 0.2) is 24.3 Å². The third kappa shape index (κ3) is 5.42. The summed E-state index contributed by atoms with van der Waals surface area (Å²) in [7, 11) is 0. The Bertz CT molecular complexity index is 654. The number of aldehydes is 1. The number of phenols is 1. The van der Waals surface area contributed by atoms with E-state index in [0.717, 1.165) is 19.3 Å². The Morgan fingerprint density at radius 1 is 1.25 bits per heavy atom. The predicted octanol–water partition coefficient (Wildman–Crippen LogP) is 3.39. The van der Waals surface area contributed by atoms with Crippen molar-refractivity contribution in [2.45, 2.75) is 77.4 Å². The number of aromatic hydroxyl groups is 1. The highest BCUT2D eigenvalue weighted by molar-refractivity contribution is 5.99. The molecule has 1 saturated carbocycles. The molecule has 0 spiro atoms. The van der Waals surface area contributed by atoms with Crippen LogP contribution >= 0.6 is 0 Å². The predicted molar refractivity (Wildman–Crippen MR) is 110 cm³/mol. The average Bonchev–Trinajstić information content (AvgIpc) is 2.68. The van der Waals surface area contributed by atoms with Gasteiger partial charge in [0.15, 0.2) is 5.78 Å². The lowest BCUT2D eigenvalue weighted by atomic mass is 9.68. The van der Waals surface area contributed by atoms with Crippen molar-refractivity contribution in [1.82, 2.24) is 0 Å². The van der Waals surface area contributed by atoms with Crippen LogP contribution in [-0.2, 0) is 16.0 Å². The van der Waals surface area contributed by atoms with E-state index in [1.807, 2.05) is 13.8 Å². The van der Waals surface area contributed by atoms with E-state index in [4.69, 9.17) is 5.73 Å². The van der Waals surface area contributed by atoms with Crippen LogP contribution in [0.3, 0.4) is 0 Å². The standard InChI is InChI=1S/C23H35NO4/c1-16(2)23(15-25,22(28)13-18-10-6-7-11-20(18)26)14-21(27)19(24)12-17-8-4-3-5-9-17/h6-7,10-11,15-17,19,21,26-27H,3-5,8-9,12-14,24H2,1-2H3/t19-,21-,23+/m0/s1. The number of carbonyl (C=O) groups is 2. The number of aliphatic hydroxyl groups is 1. The minimum absolute atomic E-state index is 0.0223. The van der Waals surface area contributed by atoms with Gasteiger partial charge in [-0.1, -0.05) is 64.2 Å². The molecule has 0 radical (unpaired) electrons. The van der Waals surface area contributed by atoms with E-state index < -0.39 is 17.6 Å². The van der Waals surface area contributed by atoms with Gasteiger partial charge in [-0.15, -0.1) is 0 Å². The highest BCUT2D eigenvalue weighted by Crippen LogP contribution is 2.36. The molecule has 0 heterocycles. The van der Waals surface area contributed by atoms with E-state index in [9.17, 15) is 19.8 Å². The number of hydrogen-bond donors (Lipinski definition) is 3. The highest BCUT2D eigenvalue weighted by Gasteiger charge is 2.43. The molecular formula is C23H35NO4. The molecule has 4 N–H and O–H groups in total. The van der Waals surface area contributed by atoms with E-state index in [2.05, 4.69) is 0 Å². The molecule has 1 aliphatic rings. The molecule has 1 aromatic rings. The minimum Gasteiger partial charge on any atom is -0.508 e. The second kappa shape index (κ2) is 10.2. The lowest BCUT2D eigenvalue weighted by molar-refractivity contribution is -0.140. The molecule has 1 aliphatic carbocycles. The number of rotatable bonds is 10. The Morgan fingerprint density at radius 3 is 2.46 bits per heavy atom. The monoisotopic (exact) mass is 389 g/mol. The third-order valence-electron chi connectivity index (χ3n) is 6.47. The lowest BCUT2D eigenvalue weighted by Gasteiger charge is -2.35. The summed E-state index contributed by atoms with van der Waals surface area (Å²) in [6.07, 6.45) is 6.40. The van der Waals surface area contributed by atoms with Crippen molar-refractivity contribution in [1.29, 1.82) is 0 Å². The van der Waals surface area contributed by atoms with Gasteiger partial charge in [0.05, 0.1) is 11.5 Å². The first-order valence-corrected chi connectivity index (χ1v) is 10.5. The van der Waals surface area contributed by atoms with Gasteiger partial charge in [0.1, 0.15) is 12.0 Å². The van der Waals surface area contributed by atoms with Crippen LogP contribution in [0, 0.1) is 17.3 Å². The zero-order valence-electron chi connectivity index (χ0n) is 17.1. The van der Waals surface area contributed by atoms with Gasteiger partial charge >= 0.3 is 0 Å². The topological polar surface area (TPSA) is 101 Å². The number of Topliss-reactive ketones (excluding diaryl/α,β-unsaturated/α-hetero) is 1. The Balaban J connectivity index is 2.11. The fourth-order valence-electron chi connectivity index (χ4n) is 4.38. The van der Waals surface area contributed by atoms with E-state index >= 15 is 0 Å². The molecule has 0 saturated heterocycles. The summed E-state index contributed by atoms with van der Waals surface area (Å²) < 4.78 is 0. The number of phenolic OH excluding ortho intramolecular Hbond substituents is 1. The summed E-state index contributed by atoms with van der Waals surface area (Å²) in [5.74, 6) is -0.0168. The first kappa shape index (κ1) is 22.6. The summed E-state index contributed by atoms with van der Waals surface area (Å²) in [5.41, 5.74) is 5.44. The third-order valence-corrected chi connectivity index (χ3v) is 6.47. The van der Waals surface area contributed by atoms with Gasteiger partial charge in [0.25, 0.3) is 0 Å². The smallest absolute Gasteiger partial charge is 0.150 e. The Hall–Kier alpha value is -1.72. The number of nitrogens with two attached hydrogens (primary N) is 1. The van der Waals surface area contributed by atoms with Crippen LogP contribution < -0.4 is 5.73 Å². The van der Waals surface area contributed by atoms with Gasteiger partial charge in [-0.05, 0) is 30.7 Å². The quantitative estimate of drug-likeness (QED) is 0.421. The molecule has 5 nitrogen and oxygen atoms in total. The van der Waals surface area contributed by atoms with Crippen molar-refractivity contribution in [2.75, 3.05) is 0 Å². The molecule has 0 aromatic heterocycles. The molecule has 3 atom stereocenters. The van der Waals surface area contributed by atoms with Gasteiger partial charge in [-0.2, -0.15) is 0 Å². The van der Waals surface area contributed by atoms with Crippen LogP contribution in [0.25, 0.3) is 0 Å². The van der Waals surface area contributed by atoms with Crippen LogP contribution in [0.2, 0.25) is 0 Å². The van der Waals surface area contributed by atoms with Crippen molar-refractivity contribution in [2.24, 2.45) is 23.0 Å². The molecular weight excluding hydrogens is 354 g/mol. The molecule has 0 unspecified atom stereocenters.